The van der Waals surface area contributed by atoms with Gasteiger partial charge in [-0.3, -0.25) is 19.2 Å². The van der Waals surface area contributed by atoms with E-state index in [9.17, 15) is 19.2 Å². The molecule has 0 atom stereocenters. The number of amides is 4. The van der Waals surface area contributed by atoms with Gasteiger partial charge in [-0.05, 0) is 24.3 Å². The Morgan fingerprint density at radius 3 is 1.46 bits per heavy atom. The number of fused-ring (bicyclic) bond motifs is 1. The Kier molecular flexibility index (Phi) is 2.93. The summed E-state index contributed by atoms with van der Waals surface area (Å²) in [6.45, 7) is 0. The number of benzene rings is 2. The van der Waals surface area contributed by atoms with E-state index in [4.69, 9.17) is 0 Å². The minimum atomic E-state index is -0.510. The van der Waals surface area contributed by atoms with Crippen molar-refractivity contribution in [3.63, 3.8) is 0 Å². The molecule has 0 aromatic heterocycles. The van der Waals surface area contributed by atoms with E-state index in [1.807, 2.05) is 0 Å². The SMILES string of the molecule is O=C1C=CC(=O)N1c1ccccc1N1C(=O)c2ccccc2C1=O. The zero-order valence-electron chi connectivity index (χ0n) is 12.3. The summed E-state index contributed by atoms with van der Waals surface area (Å²) < 4.78 is 0. The van der Waals surface area contributed by atoms with Gasteiger partial charge in [-0.25, -0.2) is 9.80 Å². The van der Waals surface area contributed by atoms with Crippen LogP contribution >= 0.6 is 0 Å². The van der Waals surface area contributed by atoms with E-state index in [0.717, 1.165) is 22.0 Å². The Bertz CT molecular complexity index is 908. The Morgan fingerprint density at radius 2 is 0.958 bits per heavy atom. The summed E-state index contributed by atoms with van der Waals surface area (Å²) in [7, 11) is 0. The zero-order chi connectivity index (χ0) is 16.8. The average molecular weight is 318 g/mol. The Labute approximate surface area is 136 Å². The molecule has 2 heterocycles. The highest BCUT2D eigenvalue weighted by Gasteiger charge is 2.39. The lowest BCUT2D eigenvalue weighted by molar-refractivity contribution is -0.119. The van der Waals surface area contributed by atoms with Gasteiger partial charge in [0.1, 0.15) is 0 Å². The average Bonchev–Trinajstić information content (AvgIpc) is 3.06. The summed E-state index contributed by atoms with van der Waals surface area (Å²) in [6, 6.07) is 12.8. The third-order valence-electron chi connectivity index (χ3n) is 3.97. The quantitative estimate of drug-likeness (QED) is 0.793. The molecule has 6 nitrogen and oxygen atoms in total. The van der Waals surface area contributed by atoms with Crippen LogP contribution in [0.3, 0.4) is 0 Å². The molecule has 6 heteroatoms. The van der Waals surface area contributed by atoms with Crippen molar-refractivity contribution in [3.8, 4) is 0 Å². The molecule has 2 aliphatic rings. The lowest BCUT2D eigenvalue weighted by Gasteiger charge is -2.22. The number of para-hydroxylation sites is 2. The summed E-state index contributed by atoms with van der Waals surface area (Å²) in [5, 5.41) is 0. The van der Waals surface area contributed by atoms with Crippen LogP contribution in [0.5, 0.6) is 0 Å². The van der Waals surface area contributed by atoms with Gasteiger partial charge in [-0.2, -0.15) is 0 Å². The van der Waals surface area contributed by atoms with Crippen LogP contribution in [0.1, 0.15) is 20.7 Å². The first-order chi connectivity index (χ1) is 11.6. The van der Waals surface area contributed by atoms with Gasteiger partial charge in [0.15, 0.2) is 0 Å². The molecular formula is C18H10N2O4. The predicted molar refractivity (Wildman–Crippen MR) is 85.7 cm³/mol. The molecule has 2 aromatic carbocycles. The van der Waals surface area contributed by atoms with Crippen LogP contribution in [0.4, 0.5) is 11.4 Å². The molecule has 0 aliphatic carbocycles. The Hall–Kier alpha value is -3.54. The Morgan fingerprint density at radius 1 is 0.542 bits per heavy atom. The normalized spacial score (nSPS) is 16.3. The van der Waals surface area contributed by atoms with Crippen LogP contribution in [0.15, 0.2) is 60.7 Å². The van der Waals surface area contributed by atoms with Gasteiger partial charge in [0.25, 0.3) is 23.6 Å². The second-order valence-electron chi connectivity index (χ2n) is 5.33. The van der Waals surface area contributed by atoms with Crippen LogP contribution < -0.4 is 9.80 Å². The molecule has 0 bridgehead atoms. The highest BCUT2D eigenvalue weighted by Crippen LogP contribution is 2.36. The van der Waals surface area contributed by atoms with Gasteiger partial charge >= 0.3 is 0 Å². The molecule has 116 valence electrons. The van der Waals surface area contributed by atoms with Gasteiger partial charge in [-0.1, -0.05) is 24.3 Å². The highest BCUT2D eigenvalue weighted by atomic mass is 16.2. The molecule has 2 aromatic rings. The van der Waals surface area contributed by atoms with Crippen LogP contribution in [0.25, 0.3) is 0 Å². The third kappa shape index (κ3) is 1.83. The van der Waals surface area contributed by atoms with Gasteiger partial charge in [0.2, 0.25) is 0 Å². The van der Waals surface area contributed by atoms with Gasteiger partial charge in [-0.15, -0.1) is 0 Å². The van der Waals surface area contributed by atoms with Crippen molar-refractivity contribution in [1.29, 1.82) is 0 Å². The first-order valence-electron chi connectivity index (χ1n) is 7.22. The molecule has 2 aliphatic heterocycles. The number of anilines is 2. The summed E-state index contributed by atoms with van der Waals surface area (Å²) >= 11 is 0. The first kappa shape index (κ1) is 14.1. The highest BCUT2D eigenvalue weighted by molar-refractivity contribution is 6.37. The summed E-state index contributed by atoms with van der Waals surface area (Å²) in [6.07, 6.45) is 2.31. The van der Waals surface area contributed by atoms with E-state index in [1.54, 1.807) is 36.4 Å². The molecule has 0 fully saturated rings. The van der Waals surface area contributed by atoms with Crippen LogP contribution in [0.2, 0.25) is 0 Å². The van der Waals surface area contributed by atoms with Crippen molar-refractivity contribution >= 4 is 35.0 Å². The van der Waals surface area contributed by atoms with Gasteiger partial charge in [0.05, 0.1) is 22.5 Å². The van der Waals surface area contributed by atoms with Crippen molar-refractivity contribution in [1.82, 2.24) is 0 Å². The summed E-state index contributed by atoms with van der Waals surface area (Å²) in [5.41, 5.74) is 1.00. The topological polar surface area (TPSA) is 74.8 Å². The molecule has 0 unspecified atom stereocenters. The summed E-state index contributed by atoms with van der Waals surface area (Å²) in [4.78, 5) is 51.1. The van der Waals surface area contributed by atoms with Crippen LogP contribution in [-0.4, -0.2) is 23.6 Å². The smallest absolute Gasteiger partial charge is 0.266 e. The van der Waals surface area contributed by atoms with Crippen molar-refractivity contribution < 1.29 is 19.2 Å². The predicted octanol–water partition coefficient (Wildman–Crippen LogP) is 1.92. The van der Waals surface area contributed by atoms with E-state index >= 15 is 0 Å². The fourth-order valence-electron chi connectivity index (χ4n) is 2.89. The van der Waals surface area contributed by atoms with Gasteiger partial charge in [0, 0.05) is 12.2 Å². The van der Waals surface area contributed by atoms with Crippen molar-refractivity contribution in [2.24, 2.45) is 0 Å². The van der Waals surface area contributed by atoms with Crippen molar-refractivity contribution in [2.45, 2.75) is 0 Å². The maximum absolute atomic E-state index is 12.6. The zero-order valence-corrected chi connectivity index (χ0v) is 12.3. The summed E-state index contributed by atoms with van der Waals surface area (Å²) in [5.74, 6) is -1.97. The number of carbonyl (C=O) groups excluding carboxylic acids is 4. The minimum Gasteiger partial charge on any atom is -0.269 e. The number of rotatable bonds is 2. The van der Waals surface area contributed by atoms with E-state index in [0.29, 0.717) is 11.1 Å². The molecule has 4 amide bonds. The van der Waals surface area contributed by atoms with E-state index in [-0.39, 0.29) is 11.4 Å². The van der Waals surface area contributed by atoms with E-state index < -0.39 is 23.6 Å². The largest absolute Gasteiger partial charge is 0.269 e. The molecule has 24 heavy (non-hydrogen) atoms. The number of imide groups is 2. The van der Waals surface area contributed by atoms with Crippen molar-refractivity contribution in [3.05, 3.63) is 71.8 Å². The number of hydrogen-bond acceptors (Lipinski definition) is 4. The maximum Gasteiger partial charge on any atom is 0.266 e. The second-order valence-corrected chi connectivity index (χ2v) is 5.33. The molecule has 0 spiro atoms. The minimum absolute atomic E-state index is 0.201. The monoisotopic (exact) mass is 318 g/mol. The molecule has 0 radical (unpaired) electrons. The van der Waals surface area contributed by atoms with Crippen LogP contribution in [0, 0.1) is 0 Å². The third-order valence-corrected chi connectivity index (χ3v) is 3.97. The van der Waals surface area contributed by atoms with E-state index in [1.165, 1.54) is 12.1 Å². The lowest BCUT2D eigenvalue weighted by atomic mass is 10.1. The Balaban J connectivity index is 1.85. The molecule has 0 saturated heterocycles. The maximum atomic E-state index is 12.6. The number of carbonyl (C=O) groups is 4. The first-order valence-corrected chi connectivity index (χ1v) is 7.22. The number of nitrogens with zero attached hydrogens (tertiary/aromatic N) is 2. The van der Waals surface area contributed by atoms with E-state index in [2.05, 4.69) is 0 Å². The molecule has 0 N–H and O–H groups in total. The lowest BCUT2D eigenvalue weighted by Crippen LogP contribution is -2.35. The fourth-order valence-corrected chi connectivity index (χ4v) is 2.89. The molecule has 4 rings (SSSR count). The number of hydrogen-bond donors (Lipinski definition) is 0. The molecule has 0 saturated carbocycles. The van der Waals surface area contributed by atoms with Crippen LogP contribution in [-0.2, 0) is 9.59 Å². The van der Waals surface area contributed by atoms with Crippen molar-refractivity contribution in [2.75, 3.05) is 9.80 Å². The van der Waals surface area contributed by atoms with Gasteiger partial charge < -0.3 is 0 Å². The second kappa shape index (κ2) is 4.99. The molecular weight excluding hydrogens is 308 g/mol. The fraction of sp³-hybridized carbons (Fsp3) is 0. The standard InChI is InChI=1S/C18H10N2O4/c21-15-9-10-16(22)19(15)13-7-3-4-8-14(13)20-17(23)11-5-1-2-6-12(11)18(20)24/h1-10H.